The van der Waals surface area contributed by atoms with Gasteiger partial charge in [-0.2, -0.15) is 13.2 Å². The average molecular weight is 243 g/mol. The molecular weight excluding hydrogens is 235 g/mol. The number of alkyl halides is 3. The molecule has 0 N–H and O–H groups in total. The molecule has 16 heavy (non-hydrogen) atoms. The number of hydrogen-bond acceptors (Lipinski definition) is 2. The molecule has 0 saturated carbocycles. The molecule has 0 amide bonds. The number of benzene rings is 1. The summed E-state index contributed by atoms with van der Waals surface area (Å²) in [5.41, 5.74) is 2.74. The third-order valence-corrected chi connectivity index (χ3v) is 3.02. The molecule has 1 aromatic heterocycles. The van der Waals surface area contributed by atoms with Gasteiger partial charge >= 0.3 is 6.18 Å². The molecule has 1 nitrogen and oxygen atoms in total. The van der Waals surface area contributed by atoms with Crippen molar-refractivity contribution in [3.63, 3.8) is 0 Å². The Morgan fingerprint density at radius 3 is 2.31 bits per heavy atom. The van der Waals surface area contributed by atoms with Gasteiger partial charge in [-0.3, -0.25) is 0 Å². The van der Waals surface area contributed by atoms with E-state index in [4.69, 9.17) is 0 Å². The lowest BCUT2D eigenvalue weighted by Gasteiger charge is -2.06. The summed E-state index contributed by atoms with van der Waals surface area (Å²) < 4.78 is 37.9. The summed E-state index contributed by atoms with van der Waals surface area (Å²) in [6.07, 6.45) is -4.33. The maximum absolute atomic E-state index is 12.6. The zero-order chi connectivity index (χ0) is 11.8. The smallest absolute Gasteiger partial charge is 0.244 e. The van der Waals surface area contributed by atoms with E-state index in [0.717, 1.165) is 5.56 Å². The van der Waals surface area contributed by atoms with Crippen molar-refractivity contribution in [3.05, 3.63) is 40.2 Å². The molecule has 0 fully saturated rings. The quantitative estimate of drug-likeness (QED) is 0.733. The van der Waals surface area contributed by atoms with E-state index in [2.05, 4.69) is 4.98 Å². The Kier molecular flexibility index (Phi) is 2.71. The van der Waals surface area contributed by atoms with Crippen molar-refractivity contribution in [2.75, 3.05) is 0 Å². The Morgan fingerprint density at radius 2 is 1.75 bits per heavy atom. The van der Waals surface area contributed by atoms with Gasteiger partial charge in [0.25, 0.3) is 0 Å². The van der Waals surface area contributed by atoms with Crippen molar-refractivity contribution >= 4 is 11.3 Å². The fraction of sp³-hybridized carbons (Fsp3) is 0.182. The summed E-state index contributed by atoms with van der Waals surface area (Å²) in [4.78, 5) is 3.14. The first kappa shape index (κ1) is 11.1. The predicted octanol–water partition coefficient (Wildman–Crippen LogP) is 4.14. The molecular formula is C11H8F3NS. The molecule has 0 aliphatic rings. The van der Waals surface area contributed by atoms with E-state index < -0.39 is 11.1 Å². The fourth-order valence-electron chi connectivity index (χ4n) is 1.36. The molecule has 0 aliphatic carbocycles. The van der Waals surface area contributed by atoms with Crippen LogP contribution in [0.15, 0.2) is 29.8 Å². The second kappa shape index (κ2) is 3.90. The fourth-order valence-corrected chi connectivity index (χ4v) is 2.04. The SMILES string of the molecule is Cc1ccc(-c2ncsc2C(F)(F)F)cc1. The summed E-state index contributed by atoms with van der Waals surface area (Å²) in [7, 11) is 0. The second-order valence-electron chi connectivity index (χ2n) is 3.39. The molecule has 0 aliphatic heterocycles. The first-order valence-corrected chi connectivity index (χ1v) is 5.44. The normalized spacial score (nSPS) is 11.8. The summed E-state index contributed by atoms with van der Waals surface area (Å²) in [5, 5.41) is 0. The van der Waals surface area contributed by atoms with Crippen LogP contribution in [0.4, 0.5) is 13.2 Å². The van der Waals surface area contributed by atoms with Crippen LogP contribution in [0.2, 0.25) is 0 Å². The molecule has 2 aromatic rings. The van der Waals surface area contributed by atoms with Crippen molar-refractivity contribution in [1.29, 1.82) is 0 Å². The lowest BCUT2D eigenvalue weighted by Crippen LogP contribution is -2.03. The van der Waals surface area contributed by atoms with Crippen LogP contribution in [0.3, 0.4) is 0 Å². The summed E-state index contributed by atoms with van der Waals surface area (Å²) in [6, 6.07) is 6.85. The number of aromatic nitrogens is 1. The van der Waals surface area contributed by atoms with Gasteiger partial charge in [0, 0.05) is 5.56 Å². The molecule has 0 atom stereocenters. The van der Waals surface area contributed by atoms with Gasteiger partial charge in [0.15, 0.2) is 0 Å². The Morgan fingerprint density at radius 1 is 1.12 bits per heavy atom. The highest BCUT2D eigenvalue weighted by Gasteiger charge is 2.36. The summed E-state index contributed by atoms with van der Waals surface area (Å²) in [5.74, 6) is 0. The van der Waals surface area contributed by atoms with Crippen molar-refractivity contribution < 1.29 is 13.2 Å². The second-order valence-corrected chi connectivity index (χ2v) is 4.25. The van der Waals surface area contributed by atoms with E-state index in [1.54, 1.807) is 24.3 Å². The first-order chi connectivity index (χ1) is 7.48. The first-order valence-electron chi connectivity index (χ1n) is 4.56. The molecule has 1 aromatic carbocycles. The van der Waals surface area contributed by atoms with Gasteiger partial charge in [0.1, 0.15) is 4.88 Å². The monoisotopic (exact) mass is 243 g/mol. The number of aryl methyl sites for hydroxylation is 1. The molecule has 0 unspecified atom stereocenters. The largest absolute Gasteiger partial charge is 0.427 e. The van der Waals surface area contributed by atoms with Crippen LogP contribution in [-0.2, 0) is 6.18 Å². The van der Waals surface area contributed by atoms with Crippen LogP contribution < -0.4 is 0 Å². The van der Waals surface area contributed by atoms with Gasteiger partial charge < -0.3 is 0 Å². The molecule has 0 saturated heterocycles. The highest BCUT2D eigenvalue weighted by atomic mass is 32.1. The van der Waals surface area contributed by atoms with E-state index in [1.165, 1.54) is 5.51 Å². The van der Waals surface area contributed by atoms with Crippen molar-refractivity contribution in [1.82, 2.24) is 4.98 Å². The van der Waals surface area contributed by atoms with Gasteiger partial charge in [0.05, 0.1) is 11.2 Å². The van der Waals surface area contributed by atoms with Crippen LogP contribution in [0.5, 0.6) is 0 Å². The Hall–Kier alpha value is -1.36. The van der Waals surface area contributed by atoms with Crippen LogP contribution >= 0.6 is 11.3 Å². The van der Waals surface area contributed by atoms with Crippen molar-refractivity contribution in [2.45, 2.75) is 13.1 Å². The maximum atomic E-state index is 12.6. The van der Waals surface area contributed by atoms with Crippen LogP contribution in [0.1, 0.15) is 10.4 Å². The summed E-state index contributed by atoms with van der Waals surface area (Å²) in [6.45, 7) is 1.88. The highest BCUT2D eigenvalue weighted by Crippen LogP contribution is 2.39. The lowest BCUT2D eigenvalue weighted by molar-refractivity contribution is -0.134. The zero-order valence-corrected chi connectivity index (χ0v) is 9.19. The zero-order valence-electron chi connectivity index (χ0n) is 8.38. The maximum Gasteiger partial charge on any atom is 0.427 e. The van der Waals surface area contributed by atoms with Crippen LogP contribution in [0, 0.1) is 6.92 Å². The van der Waals surface area contributed by atoms with Crippen LogP contribution in [-0.4, -0.2) is 4.98 Å². The van der Waals surface area contributed by atoms with Gasteiger partial charge in [-0.15, -0.1) is 11.3 Å². The van der Waals surface area contributed by atoms with Crippen molar-refractivity contribution in [2.24, 2.45) is 0 Å². The average Bonchev–Trinajstić information content (AvgIpc) is 2.66. The van der Waals surface area contributed by atoms with E-state index >= 15 is 0 Å². The van der Waals surface area contributed by atoms with Gasteiger partial charge in [-0.25, -0.2) is 4.98 Å². The molecule has 2 rings (SSSR count). The molecule has 84 valence electrons. The van der Waals surface area contributed by atoms with E-state index in [9.17, 15) is 13.2 Å². The van der Waals surface area contributed by atoms with Crippen molar-refractivity contribution in [3.8, 4) is 11.3 Å². The minimum atomic E-state index is -4.33. The Bertz CT molecular complexity index is 485. The third kappa shape index (κ3) is 2.09. The summed E-state index contributed by atoms with van der Waals surface area (Å²) >= 11 is 0.619. The molecule has 5 heteroatoms. The minimum Gasteiger partial charge on any atom is -0.244 e. The van der Waals surface area contributed by atoms with Gasteiger partial charge in [0.2, 0.25) is 0 Å². The van der Waals surface area contributed by atoms with E-state index in [0.29, 0.717) is 16.9 Å². The van der Waals surface area contributed by atoms with E-state index in [1.807, 2.05) is 6.92 Å². The number of halogens is 3. The number of nitrogens with zero attached hydrogens (tertiary/aromatic N) is 1. The molecule has 1 heterocycles. The van der Waals surface area contributed by atoms with Crippen LogP contribution in [0.25, 0.3) is 11.3 Å². The van der Waals surface area contributed by atoms with Gasteiger partial charge in [-0.1, -0.05) is 29.8 Å². The predicted molar refractivity (Wildman–Crippen MR) is 57.3 cm³/mol. The number of hydrogen-bond donors (Lipinski definition) is 0. The molecule has 0 bridgehead atoms. The van der Waals surface area contributed by atoms with E-state index in [-0.39, 0.29) is 5.69 Å². The highest BCUT2D eigenvalue weighted by molar-refractivity contribution is 7.10. The Balaban J connectivity index is 2.49. The molecule has 0 radical (unpaired) electrons. The number of rotatable bonds is 1. The topological polar surface area (TPSA) is 12.9 Å². The molecule has 0 spiro atoms. The Labute approximate surface area is 94.6 Å². The lowest BCUT2D eigenvalue weighted by atomic mass is 10.1. The minimum absolute atomic E-state index is 0.0116. The third-order valence-electron chi connectivity index (χ3n) is 2.15. The standard InChI is InChI=1S/C11H8F3NS/c1-7-2-4-8(5-3-7)9-10(11(12,13)14)16-6-15-9/h2-6H,1H3. The van der Waals surface area contributed by atoms with Gasteiger partial charge in [-0.05, 0) is 6.92 Å². The number of thiazole rings is 1.